The van der Waals surface area contributed by atoms with Crippen molar-refractivity contribution in [2.24, 2.45) is 0 Å². The Labute approximate surface area is 129 Å². The van der Waals surface area contributed by atoms with Gasteiger partial charge in [0.1, 0.15) is 24.9 Å². The molecule has 6 nitrogen and oxygen atoms in total. The molecular weight excluding hydrogens is 288 g/mol. The van der Waals surface area contributed by atoms with Gasteiger partial charge < -0.3 is 23.7 Å². The van der Waals surface area contributed by atoms with Crippen LogP contribution in [0.25, 0.3) is 0 Å². The Morgan fingerprint density at radius 2 is 1.86 bits per heavy atom. The van der Waals surface area contributed by atoms with Gasteiger partial charge in [-0.25, -0.2) is 4.79 Å². The summed E-state index contributed by atoms with van der Waals surface area (Å²) >= 11 is 0. The highest BCUT2D eigenvalue weighted by Gasteiger charge is 2.55. The number of carbonyl (C=O) groups is 1. The zero-order valence-corrected chi connectivity index (χ0v) is 12.9. The smallest absolute Gasteiger partial charge is 0.338 e. The molecule has 2 aliphatic heterocycles. The lowest BCUT2D eigenvalue weighted by atomic mass is 10.1. The maximum atomic E-state index is 12.0. The first-order valence-corrected chi connectivity index (χ1v) is 7.26. The van der Waals surface area contributed by atoms with Crippen LogP contribution < -0.4 is 0 Å². The van der Waals surface area contributed by atoms with Crippen LogP contribution in [0.15, 0.2) is 30.3 Å². The molecule has 0 aliphatic carbocycles. The minimum Gasteiger partial charge on any atom is -0.459 e. The van der Waals surface area contributed by atoms with E-state index in [1.54, 1.807) is 31.4 Å². The number of esters is 1. The number of hydrogen-bond donors (Lipinski definition) is 0. The Morgan fingerprint density at radius 3 is 2.55 bits per heavy atom. The molecule has 0 saturated carbocycles. The van der Waals surface area contributed by atoms with Gasteiger partial charge in [0.25, 0.3) is 0 Å². The van der Waals surface area contributed by atoms with E-state index >= 15 is 0 Å². The lowest BCUT2D eigenvalue weighted by molar-refractivity contribution is -0.230. The van der Waals surface area contributed by atoms with Gasteiger partial charge in [0.05, 0.1) is 5.56 Å². The van der Waals surface area contributed by atoms with Crippen molar-refractivity contribution in [1.82, 2.24) is 0 Å². The van der Waals surface area contributed by atoms with Crippen LogP contribution in [0.2, 0.25) is 0 Å². The van der Waals surface area contributed by atoms with Crippen LogP contribution in [0.5, 0.6) is 0 Å². The quantitative estimate of drug-likeness (QED) is 0.790. The molecule has 0 aromatic heterocycles. The third-order valence-corrected chi connectivity index (χ3v) is 3.73. The SMILES string of the molecule is CO[C@H]1O[C@@H](COC(=O)c2ccccc2)[C@@H]2OC(C)(C)O[C@H]12. The molecule has 2 aliphatic rings. The molecule has 0 unspecified atom stereocenters. The minimum atomic E-state index is -0.697. The fraction of sp³-hybridized carbons (Fsp3) is 0.562. The number of methoxy groups -OCH3 is 1. The first-order valence-electron chi connectivity index (χ1n) is 7.26. The second-order valence-corrected chi connectivity index (χ2v) is 5.81. The van der Waals surface area contributed by atoms with E-state index in [9.17, 15) is 4.79 Å². The molecule has 1 aromatic rings. The Hall–Kier alpha value is -1.47. The lowest BCUT2D eigenvalue weighted by Crippen LogP contribution is -2.33. The van der Waals surface area contributed by atoms with Crippen molar-refractivity contribution in [3.05, 3.63) is 35.9 Å². The predicted molar refractivity (Wildman–Crippen MR) is 76.2 cm³/mol. The molecular formula is C16H20O6. The van der Waals surface area contributed by atoms with Gasteiger partial charge in [-0.05, 0) is 26.0 Å². The fourth-order valence-electron chi connectivity index (χ4n) is 2.78. The van der Waals surface area contributed by atoms with Crippen molar-refractivity contribution in [2.75, 3.05) is 13.7 Å². The van der Waals surface area contributed by atoms with Crippen LogP contribution in [0.1, 0.15) is 24.2 Å². The lowest BCUT2D eigenvalue weighted by Gasteiger charge is -2.23. The van der Waals surface area contributed by atoms with E-state index in [0.717, 1.165) is 0 Å². The first-order chi connectivity index (χ1) is 10.5. The van der Waals surface area contributed by atoms with E-state index in [2.05, 4.69) is 0 Å². The molecule has 2 fully saturated rings. The number of benzene rings is 1. The summed E-state index contributed by atoms with van der Waals surface area (Å²) in [5, 5.41) is 0. The zero-order valence-electron chi connectivity index (χ0n) is 12.9. The van der Waals surface area contributed by atoms with Crippen molar-refractivity contribution in [3.63, 3.8) is 0 Å². The topological polar surface area (TPSA) is 63.2 Å². The maximum Gasteiger partial charge on any atom is 0.338 e. The molecule has 4 atom stereocenters. The third-order valence-electron chi connectivity index (χ3n) is 3.73. The van der Waals surface area contributed by atoms with Gasteiger partial charge in [0.15, 0.2) is 12.1 Å². The van der Waals surface area contributed by atoms with Crippen LogP contribution in [0.4, 0.5) is 0 Å². The summed E-state index contributed by atoms with van der Waals surface area (Å²) < 4.78 is 27.9. The van der Waals surface area contributed by atoms with Crippen molar-refractivity contribution in [2.45, 2.75) is 44.2 Å². The van der Waals surface area contributed by atoms with Crippen LogP contribution in [-0.2, 0) is 23.7 Å². The van der Waals surface area contributed by atoms with Crippen molar-refractivity contribution in [1.29, 1.82) is 0 Å². The van der Waals surface area contributed by atoms with E-state index in [4.69, 9.17) is 23.7 Å². The second-order valence-electron chi connectivity index (χ2n) is 5.81. The highest BCUT2D eigenvalue weighted by atomic mass is 16.8. The molecule has 2 heterocycles. The molecule has 22 heavy (non-hydrogen) atoms. The van der Waals surface area contributed by atoms with Crippen molar-refractivity contribution >= 4 is 5.97 Å². The molecule has 0 bridgehead atoms. The van der Waals surface area contributed by atoms with E-state index in [1.807, 2.05) is 19.9 Å². The number of rotatable bonds is 4. The molecule has 0 amide bonds. The van der Waals surface area contributed by atoms with E-state index in [0.29, 0.717) is 5.56 Å². The van der Waals surface area contributed by atoms with Crippen molar-refractivity contribution < 1.29 is 28.5 Å². The summed E-state index contributed by atoms with van der Waals surface area (Å²) in [6.07, 6.45) is -1.57. The highest BCUT2D eigenvalue weighted by Crippen LogP contribution is 2.38. The van der Waals surface area contributed by atoms with E-state index in [-0.39, 0.29) is 24.8 Å². The summed E-state index contributed by atoms with van der Waals surface area (Å²) in [5.41, 5.74) is 0.504. The normalized spacial score (nSPS) is 32.7. The van der Waals surface area contributed by atoms with Gasteiger partial charge in [0, 0.05) is 7.11 Å². The summed E-state index contributed by atoms with van der Waals surface area (Å²) in [7, 11) is 1.55. The number of carbonyl (C=O) groups excluding carboxylic acids is 1. The Kier molecular flexibility index (Phi) is 4.18. The summed E-state index contributed by atoms with van der Waals surface area (Å²) in [6.45, 7) is 3.77. The average molecular weight is 308 g/mol. The number of hydrogen-bond acceptors (Lipinski definition) is 6. The molecule has 3 rings (SSSR count). The first kappa shape index (κ1) is 15.4. The van der Waals surface area contributed by atoms with Gasteiger partial charge in [-0.2, -0.15) is 0 Å². The van der Waals surface area contributed by atoms with Crippen LogP contribution >= 0.6 is 0 Å². The molecule has 1 aromatic carbocycles. The maximum absolute atomic E-state index is 12.0. The Morgan fingerprint density at radius 1 is 1.18 bits per heavy atom. The molecule has 120 valence electrons. The zero-order chi connectivity index (χ0) is 15.7. The molecule has 0 N–H and O–H groups in total. The fourth-order valence-corrected chi connectivity index (χ4v) is 2.78. The average Bonchev–Trinajstić information content (AvgIpc) is 2.99. The van der Waals surface area contributed by atoms with Crippen molar-refractivity contribution in [3.8, 4) is 0 Å². The molecule has 0 radical (unpaired) electrons. The summed E-state index contributed by atoms with van der Waals surface area (Å²) in [6, 6.07) is 8.83. The van der Waals surface area contributed by atoms with Crippen LogP contribution in [-0.4, -0.2) is 50.1 Å². The second kappa shape index (κ2) is 5.96. The standard InChI is InChI=1S/C16H20O6/c1-16(2)21-12-11(20-15(18-3)13(12)22-16)9-19-14(17)10-7-5-4-6-8-10/h4-8,11-13,15H,9H2,1-3H3/t11-,12-,13-,15-/m0/s1. The van der Waals surface area contributed by atoms with Gasteiger partial charge in [-0.3, -0.25) is 0 Å². The summed E-state index contributed by atoms with van der Waals surface area (Å²) in [5.74, 6) is -1.09. The Bertz CT molecular complexity index is 529. The van der Waals surface area contributed by atoms with Gasteiger partial charge >= 0.3 is 5.97 Å². The molecule has 2 saturated heterocycles. The van der Waals surface area contributed by atoms with E-state index < -0.39 is 18.2 Å². The van der Waals surface area contributed by atoms with E-state index in [1.165, 1.54) is 0 Å². The van der Waals surface area contributed by atoms with Crippen LogP contribution in [0.3, 0.4) is 0 Å². The molecule has 0 spiro atoms. The monoisotopic (exact) mass is 308 g/mol. The third kappa shape index (κ3) is 3.01. The number of ether oxygens (including phenoxy) is 5. The van der Waals surface area contributed by atoms with Gasteiger partial charge in [-0.15, -0.1) is 0 Å². The number of fused-ring (bicyclic) bond motifs is 1. The van der Waals surface area contributed by atoms with Crippen LogP contribution in [0, 0.1) is 0 Å². The predicted octanol–water partition coefficient (Wildman–Crippen LogP) is 1.73. The molecule has 6 heteroatoms. The van der Waals surface area contributed by atoms with Gasteiger partial charge in [0.2, 0.25) is 0 Å². The van der Waals surface area contributed by atoms with Gasteiger partial charge in [-0.1, -0.05) is 18.2 Å². The summed E-state index contributed by atoms with van der Waals surface area (Å²) in [4.78, 5) is 12.0. The minimum absolute atomic E-state index is 0.0915. The Balaban J connectivity index is 1.62. The highest BCUT2D eigenvalue weighted by molar-refractivity contribution is 5.89. The largest absolute Gasteiger partial charge is 0.459 e.